The van der Waals surface area contributed by atoms with Gasteiger partial charge >= 0.3 is 13.3 Å². The van der Waals surface area contributed by atoms with Gasteiger partial charge in [-0.3, -0.25) is 0 Å². The molecule has 2 atom stereocenters. The zero-order valence-electron chi connectivity index (χ0n) is 18.6. The van der Waals surface area contributed by atoms with Crippen LogP contribution in [0.25, 0.3) is 0 Å². The Balaban J connectivity index is 2.84. The van der Waals surface area contributed by atoms with E-state index in [0.29, 0.717) is 5.75 Å². The van der Waals surface area contributed by atoms with Crippen LogP contribution in [0.3, 0.4) is 0 Å². The van der Waals surface area contributed by atoms with E-state index in [1.54, 1.807) is 24.3 Å². The molecule has 0 aliphatic heterocycles. The Labute approximate surface area is 177 Å². The van der Waals surface area contributed by atoms with Gasteiger partial charge in [-0.1, -0.05) is 84.4 Å². The lowest BCUT2D eigenvalue weighted by molar-refractivity contribution is 0.143. The molecule has 6 heteroatoms. The standard InChI is InChI=1S/C23H39O5P/c1-5-9-14-20(7-3)18-26-29(25,27-19-21(8-4)15-10-6-2)23(24)28-22-16-12-11-13-17-22/h11-13,16-17,20-21H,5-10,14-15,18-19H2,1-4H3. The molecule has 1 aromatic carbocycles. The molecule has 1 rings (SSSR count). The summed E-state index contributed by atoms with van der Waals surface area (Å²) < 4.78 is 30.1. The van der Waals surface area contributed by atoms with E-state index < -0.39 is 13.3 Å². The highest BCUT2D eigenvalue weighted by atomic mass is 31.2. The number of unbranched alkanes of at least 4 members (excludes halogenated alkanes) is 2. The molecule has 1 aromatic rings. The largest absolute Gasteiger partial charge is 0.438 e. The van der Waals surface area contributed by atoms with Crippen LogP contribution in [0, 0.1) is 11.8 Å². The molecule has 0 N–H and O–H groups in total. The van der Waals surface area contributed by atoms with Crippen molar-refractivity contribution in [1.29, 1.82) is 0 Å². The predicted octanol–water partition coefficient (Wildman–Crippen LogP) is 7.84. The van der Waals surface area contributed by atoms with Crippen molar-refractivity contribution in [2.45, 2.75) is 79.1 Å². The average Bonchev–Trinajstić information content (AvgIpc) is 2.74. The van der Waals surface area contributed by atoms with Gasteiger partial charge in [-0.2, -0.15) is 0 Å². The summed E-state index contributed by atoms with van der Waals surface area (Å²) in [6.45, 7) is 8.91. The number of ether oxygens (including phenoxy) is 1. The third kappa shape index (κ3) is 9.93. The first-order valence-corrected chi connectivity index (χ1v) is 12.7. The number of para-hydroxylation sites is 1. The third-order valence-corrected chi connectivity index (χ3v) is 6.74. The van der Waals surface area contributed by atoms with Gasteiger partial charge in [0.2, 0.25) is 0 Å². The molecule has 0 spiro atoms. The van der Waals surface area contributed by atoms with E-state index in [4.69, 9.17) is 13.8 Å². The van der Waals surface area contributed by atoms with Crippen LogP contribution in [0.15, 0.2) is 30.3 Å². The van der Waals surface area contributed by atoms with Gasteiger partial charge < -0.3 is 13.8 Å². The zero-order valence-corrected chi connectivity index (χ0v) is 19.5. The summed E-state index contributed by atoms with van der Waals surface area (Å²) in [5, 5.41) is 0. The summed E-state index contributed by atoms with van der Waals surface area (Å²) in [5.74, 6) is 0.831. The lowest BCUT2D eigenvalue weighted by Gasteiger charge is -2.22. The highest BCUT2D eigenvalue weighted by Gasteiger charge is 2.39. The van der Waals surface area contributed by atoms with E-state index in [-0.39, 0.29) is 25.0 Å². The van der Waals surface area contributed by atoms with Crippen LogP contribution >= 0.6 is 7.60 Å². The Bertz CT molecular complexity index is 581. The minimum absolute atomic E-state index is 0.240. The third-order valence-electron chi connectivity index (χ3n) is 5.22. The van der Waals surface area contributed by atoms with Crippen LogP contribution in [0.4, 0.5) is 4.79 Å². The lowest BCUT2D eigenvalue weighted by Crippen LogP contribution is -2.18. The average molecular weight is 427 g/mol. The molecule has 0 heterocycles. The molecule has 0 radical (unpaired) electrons. The van der Waals surface area contributed by atoms with E-state index in [0.717, 1.165) is 51.4 Å². The van der Waals surface area contributed by atoms with Crippen molar-refractivity contribution in [3.63, 3.8) is 0 Å². The first-order chi connectivity index (χ1) is 14.0. The van der Waals surface area contributed by atoms with Gasteiger partial charge in [0.05, 0.1) is 13.2 Å². The molecule has 0 saturated heterocycles. The van der Waals surface area contributed by atoms with Crippen LogP contribution in [-0.2, 0) is 13.6 Å². The maximum absolute atomic E-state index is 13.4. The van der Waals surface area contributed by atoms with Gasteiger partial charge in [0.15, 0.2) is 0 Å². The first kappa shape index (κ1) is 25.9. The van der Waals surface area contributed by atoms with Gasteiger partial charge in [-0.05, 0) is 36.8 Å². The Hall–Kier alpha value is -1.16. The molecule has 0 saturated carbocycles. The fourth-order valence-corrected chi connectivity index (χ4v) is 4.31. The van der Waals surface area contributed by atoms with Crippen LogP contribution in [0.2, 0.25) is 0 Å². The summed E-state index contributed by atoms with van der Waals surface area (Å²) in [4.78, 5) is 12.7. The second-order valence-corrected chi connectivity index (χ2v) is 9.48. The van der Waals surface area contributed by atoms with Gasteiger partial charge in [0.25, 0.3) is 0 Å². The van der Waals surface area contributed by atoms with Crippen molar-refractivity contribution in [2.24, 2.45) is 11.8 Å². The molecule has 0 aliphatic rings. The van der Waals surface area contributed by atoms with Crippen molar-refractivity contribution >= 4 is 13.3 Å². The molecule has 0 bridgehead atoms. The predicted molar refractivity (Wildman–Crippen MR) is 119 cm³/mol. The van der Waals surface area contributed by atoms with Crippen molar-refractivity contribution in [3.05, 3.63) is 30.3 Å². The molecule has 2 unspecified atom stereocenters. The maximum atomic E-state index is 13.4. The number of rotatable bonds is 16. The summed E-state index contributed by atoms with van der Waals surface area (Å²) in [6.07, 6.45) is 8.12. The van der Waals surface area contributed by atoms with Crippen molar-refractivity contribution in [3.8, 4) is 5.75 Å². The Morgan fingerprint density at radius 2 is 1.34 bits per heavy atom. The zero-order chi connectivity index (χ0) is 21.5. The lowest BCUT2D eigenvalue weighted by atomic mass is 10.0. The van der Waals surface area contributed by atoms with Crippen LogP contribution < -0.4 is 4.74 Å². The second kappa shape index (κ2) is 14.8. The fraction of sp³-hybridized carbons (Fsp3) is 0.696. The second-order valence-electron chi connectivity index (χ2n) is 7.60. The van der Waals surface area contributed by atoms with Crippen molar-refractivity contribution in [1.82, 2.24) is 0 Å². The number of carbonyl (C=O) groups is 1. The number of carbonyl (C=O) groups excluding carboxylic acids is 1. The molecule has 29 heavy (non-hydrogen) atoms. The normalized spacial score (nSPS) is 15.4. The van der Waals surface area contributed by atoms with Crippen LogP contribution in [-0.4, -0.2) is 18.9 Å². The summed E-state index contributed by atoms with van der Waals surface area (Å²) in [7, 11) is -4.04. The molecule has 0 aliphatic carbocycles. The first-order valence-electron chi connectivity index (χ1n) is 11.1. The van der Waals surface area contributed by atoms with E-state index in [9.17, 15) is 9.36 Å². The number of hydrogen-bond acceptors (Lipinski definition) is 5. The SMILES string of the molecule is CCCCC(CC)COP(=O)(OCC(CC)CCCC)C(=O)Oc1ccccc1. The van der Waals surface area contributed by atoms with Crippen LogP contribution in [0.5, 0.6) is 5.75 Å². The van der Waals surface area contributed by atoms with Gasteiger partial charge in [0, 0.05) is 0 Å². The molecule has 0 amide bonds. The molecule has 0 fully saturated rings. The topological polar surface area (TPSA) is 61.8 Å². The number of benzene rings is 1. The molecule has 0 aromatic heterocycles. The van der Waals surface area contributed by atoms with Gasteiger partial charge in [-0.25, -0.2) is 9.36 Å². The smallest absolute Gasteiger partial charge is 0.417 e. The van der Waals surface area contributed by atoms with Gasteiger partial charge in [-0.15, -0.1) is 0 Å². The summed E-state index contributed by atoms with van der Waals surface area (Å²) in [6, 6.07) is 8.63. The summed E-state index contributed by atoms with van der Waals surface area (Å²) in [5.41, 5.74) is -0.931. The van der Waals surface area contributed by atoms with E-state index in [1.807, 2.05) is 6.07 Å². The Kier molecular flexibility index (Phi) is 13.2. The Morgan fingerprint density at radius 1 is 0.862 bits per heavy atom. The molecular weight excluding hydrogens is 387 g/mol. The highest BCUT2D eigenvalue weighted by Crippen LogP contribution is 2.51. The van der Waals surface area contributed by atoms with E-state index in [1.165, 1.54) is 0 Å². The minimum Gasteiger partial charge on any atom is -0.417 e. The molecule has 5 nitrogen and oxygen atoms in total. The summed E-state index contributed by atoms with van der Waals surface area (Å²) >= 11 is 0. The molecular formula is C23H39O5P. The quantitative estimate of drug-likeness (QED) is 0.252. The van der Waals surface area contributed by atoms with E-state index in [2.05, 4.69) is 27.7 Å². The highest BCUT2D eigenvalue weighted by molar-refractivity contribution is 7.71. The molecule has 166 valence electrons. The number of hydrogen-bond donors (Lipinski definition) is 0. The van der Waals surface area contributed by atoms with E-state index >= 15 is 0 Å². The Morgan fingerprint density at radius 3 is 1.76 bits per heavy atom. The van der Waals surface area contributed by atoms with Gasteiger partial charge in [0.1, 0.15) is 5.75 Å². The fourth-order valence-electron chi connectivity index (χ4n) is 2.99. The minimum atomic E-state index is -4.04. The maximum Gasteiger partial charge on any atom is 0.438 e. The van der Waals surface area contributed by atoms with Crippen molar-refractivity contribution in [2.75, 3.05) is 13.2 Å². The van der Waals surface area contributed by atoms with Crippen molar-refractivity contribution < 1.29 is 23.1 Å². The van der Waals surface area contributed by atoms with Crippen LogP contribution in [0.1, 0.15) is 79.1 Å². The monoisotopic (exact) mass is 426 g/mol.